The Kier molecular flexibility index (Phi) is 5.08. The minimum Gasteiger partial charge on any atom is -0.493 e. The number of benzene rings is 1. The molecule has 0 bridgehead atoms. The molecule has 1 aliphatic rings. The van der Waals surface area contributed by atoms with E-state index in [0.29, 0.717) is 23.6 Å². The van der Waals surface area contributed by atoms with Crippen molar-refractivity contribution in [3.63, 3.8) is 0 Å². The number of methoxy groups -OCH3 is 1. The molecule has 1 aliphatic carbocycles. The second kappa shape index (κ2) is 6.80. The predicted molar refractivity (Wildman–Crippen MR) is 75.3 cm³/mol. The number of carbonyl (C=O) groups is 1. The number of hydrogen-bond donors (Lipinski definition) is 0. The first-order chi connectivity index (χ1) is 9.24. The second-order valence-electron chi connectivity index (χ2n) is 4.83. The maximum absolute atomic E-state index is 10.6. The summed E-state index contributed by atoms with van der Waals surface area (Å²) in [5, 5.41) is 0.608. The Morgan fingerprint density at radius 2 is 2.11 bits per heavy atom. The normalized spacial score (nSPS) is 15.5. The van der Waals surface area contributed by atoms with Crippen LogP contribution in [0.2, 0.25) is 5.02 Å². The topological polar surface area (TPSA) is 35.5 Å². The van der Waals surface area contributed by atoms with E-state index in [2.05, 4.69) is 0 Å². The number of aryl methyl sites for hydroxylation is 1. The Bertz CT molecular complexity index is 439. The maximum atomic E-state index is 10.6. The van der Waals surface area contributed by atoms with Gasteiger partial charge in [-0.15, -0.1) is 0 Å². The van der Waals surface area contributed by atoms with Crippen LogP contribution in [-0.2, 0) is 11.2 Å². The standard InChI is InChI=1S/C15H19ClO3/c1-18-14-10-12(16)9-11(5-4-8-17)15(14)19-13-6-2-3-7-13/h8-10,13H,2-7H2,1H3. The summed E-state index contributed by atoms with van der Waals surface area (Å²) < 4.78 is 11.4. The quantitative estimate of drug-likeness (QED) is 0.745. The molecule has 0 unspecified atom stereocenters. The molecule has 1 aromatic rings. The zero-order valence-electron chi connectivity index (χ0n) is 11.2. The predicted octanol–water partition coefficient (Wildman–Crippen LogP) is 3.80. The monoisotopic (exact) mass is 282 g/mol. The van der Waals surface area contributed by atoms with Crippen molar-refractivity contribution in [2.45, 2.75) is 44.6 Å². The first-order valence-corrected chi connectivity index (χ1v) is 7.09. The van der Waals surface area contributed by atoms with Gasteiger partial charge in [0.2, 0.25) is 0 Å². The first-order valence-electron chi connectivity index (χ1n) is 6.71. The van der Waals surface area contributed by atoms with Gasteiger partial charge in [-0.25, -0.2) is 0 Å². The molecule has 0 radical (unpaired) electrons. The number of halogens is 1. The van der Waals surface area contributed by atoms with E-state index in [-0.39, 0.29) is 6.10 Å². The highest BCUT2D eigenvalue weighted by molar-refractivity contribution is 6.30. The molecule has 0 amide bonds. The van der Waals surface area contributed by atoms with E-state index < -0.39 is 0 Å². The number of carbonyl (C=O) groups excluding carboxylic acids is 1. The molecule has 0 spiro atoms. The average Bonchev–Trinajstić information content (AvgIpc) is 2.91. The van der Waals surface area contributed by atoms with Crippen molar-refractivity contribution in [1.29, 1.82) is 0 Å². The summed E-state index contributed by atoms with van der Waals surface area (Å²) >= 11 is 6.07. The third-order valence-electron chi connectivity index (χ3n) is 3.43. The van der Waals surface area contributed by atoms with Crippen molar-refractivity contribution >= 4 is 17.9 Å². The minimum absolute atomic E-state index is 0.255. The molecule has 104 valence electrons. The molecule has 1 saturated carbocycles. The molecule has 0 N–H and O–H groups in total. The molecule has 1 fully saturated rings. The third kappa shape index (κ3) is 3.63. The lowest BCUT2D eigenvalue weighted by Crippen LogP contribution is -2.13. The second-order valence-corrected chi connectivity index (χ2v) is 5.26. The SMILES string of the molecule is COc1cc(Cl)cc(CCC=O)c1OC1CCCC1. The molecule has 0 heterocycles. The van der Waals surface area contributed by atoms with Crippen LogP contribution in [0.25, 0.3) is 0 Å². The fourth-order valence-corrected chi connectivity index (χ4v) is 2.71. The maximum Gasteiger partial charge on any atom is 0.164 e. The van der Waals surface area contributed by atoms with Gasteiger partial charge >= 0.3 is 0 Å². The fourth-order valence-electron chi connectivity index (χ4n) is 2.48. The van der Waals surface area contributed by atoms with E-state index in [1.54, 1.807) is 13.2 Å². The summed E-state index contributed by atoms with van der Waals surface area (Å²) in [6.45, 7) is 0. The van der Waals surface area contributed by atoms with Crippen LogP contribution in [0.5, 0.6) is 11.5 Å². The van der Waals surface area contributed by atoms with Gasteiger partial charge in [0, 0.05) is 17.5 Å². The third-order valence-corrected chi connectivity index (χ3v) is 3.65. The molecular formula is C15H19ClO3. The van der Waals surface area contributed by atoms with Crippen molar-refractivity contribution in [1.82, 2.24) is 0 Å². The van der Waals surface area contributed by atoms with Crippen LogP contribution in [-0.4, -0.2) is 19.5 Å². The summed E-state index contributed by atoms with van der Waals surface area (Å²) in [7, 11) is 1.61. The molecular weight excluding hydrogens is 264 g/mol. The van der Waals surface area contributed by atoms with Gasteiger partial charge in [-0.2, -0.15) is 0 Å². The highest BCUT2D eigenvalue weighted by Gasteiger charge is 2.21. The van der Waals surface area contributed by atoms with Gasteiger partial charge in [-0.05, 0) is 43.7 Å². The van der Waals surface area contributed by atoms with Crippen molar-refractivity contribution in [2.75, 3.05) is 7.11 Å². The molecule has 0 aliphatic heterocycles. The number of ether oxygens (including phenoxy) is 2. The Hall–Kier alpha value is -1.22. The molecule has 4 heteroatoms. The molecule has 0 atom stereocenters. The summed E-state index contributed by atoms with van der Waals surface area (Å²) in [5.74, 6) is 1.40. The van der Waals surface area contributed by atoms with Crippen LogP contribution < -0.4 is 9.47 Å². The van der Waals surface area contributed by atoms with Crippen molar-refractivity contribution in [3.8, 4) is 11.5 Å². The highest BCUT2D eigenvalue weighted by atomic mass is 35.5. The molecule has 19 heavy (non-hydrogen) atoms. The zero-order valence-corrected chi connectivity index (χ0v) is 11.9. The van der Waals surface area contributed by atoms with Gasteiger partial charge in [0.15, 0.2) is 11.5 Å². The molecule has 0 saturated heterocycles. The highest BCUT2D eigenvalue weighted by Crippen LogP contribution is 2.37. The Labute approximate surface area is 118 Å². The van der Waals surface area contributed by atoms with E-state index in [1.807, 2.05) is 6.07 Å². The molecule has 2 rings (SSSR count). The number of rotatable bonds is 6. The van der Waals surface area contributed by atoms with E-state index >= 15 is 0 Å². The van der Waals surface area contributed by atoms with Crippen LogP contribution in [0.4, 0.5) is 0 Å². The molecule has 0 aromatic heterocycles. The minimum atomic E-state index is 0.255. The van der Waals surface area contributed by atoms with Gasteiger partial charge in [-0.3, -0.25) is 0 Å². The van der Waals surface area contributed by atoms with E-state index in [1.165, 1.54) is 12.8 Å². The Morgan fingerprint density at radius 3 is 2.74 bits per heavy atom. The van der Waals surface area contributed by atoms with E-state index in [9.17, 15) is 4.79 Å². The lowest BCUT2D eigenvalue weighted by molar-refractivity contribution is -0.107. The summed E-state index contributed by atoms with van der Waals surface area (Å²) in [6.07, 6.45) is 6.84. The van der Waals surface area contributed by atoms with Crippen molar-refractivity contribution in [3.05, 3.63) is 22.7 Å². The zero-order chi connectivity index (χ0) is 13.7. The lowest BCUT2D eigenvalue weighted by Gasteiger charge is -2.19. The summed E-state index contributed by atoms with van der Waals surface area (Å²) in [4.78, 5) is 10.6. The van der Waals surface area contributed by atoms with E-state index in [4.69, 9.17) is 21.1 Å². The number of hydrogen-bond acceptors (Lipinski definition) is 3. The van der Waals surface area contributed by atoms with Gasteiger partial charge in [-0.1, -0.05) is 11.6 Å². The van der Waals surface area contributed by atoms with Gasteiger partial charge in [0.05, 0.1) is 13.2 Å². The molecule has 3 nitrogen and oxygen atoms in total. The van der Waals surface area contributed by atoms with Crippen LogP contribution in [0.1, 0.15) is 37.7 Å². The summed E-state index contributed by atoms with van der Waals surface area (Å²) in [6, 6.07) is 3.62. The lowest BCUT2D eigenvalue weighted by atomic mass is 10.1. The summed E-state index contributed by atoms with van der Waals surface area (Å²) in [5.41, 5.74) is 0.948. The first kappa shape index (κ1) is 14.2. The van der Waals surface area contributed by atoms with Crippen LogP contribution >= 0.6 is 11.6 Å². The van der Waals surface area contributed by atoms with Crippen LogP contribution in [0, 0.1) is 0 Å². The van der Waals surface area contributed by atoms with Crippen molar-refractivity contribution < 1.29 is 14.3 Å². The number of aldehydes is 1. The van der Waals surface area contributed by atoms with Crippen LogP contribution in [0.15, 0.2) is 12.1 Å². The van der Waals surface area contributed by atoms with Gasteiger partial charge in [0.1, 0.15) is 6.29 Å². The van der Waals surface area contributed by atoms with Crippen LogP contribution in [0.3, 0.4) is 0 Å². The largest absolute Gasteiger partial charge is 0.493 e. The van der Waals surface area contributed by atoms with Gasteiger partial charge < -0.3 is 14.3 Å². The van der Waals surface area contributed by atoms with E-state index in [0.717, 1.165) is 30.4 Å². The van der Waals surface area contributed by atoms with Crippen molar-refractivity contribution in [2.24, 2.45) is 0 Å². The Morgan fingerprint density at radius 1 is 1.37 bits per heavy atom. The molecule has 1 aromatic carbocycles. The smallest absolute Gasteiger partial charge is 0.164 e. The van der Waals surface area contributed by atoms with Gasteiger partial charge in [0.25, 0.3) is 0 Å². The fraction of sp³-hybridized carbons (Fsp3) is 0.533. The Balaban J connectivity index is 2.26. The average molecular weight is 283 g/mol.